The molecule has 1 atom stereocenters. The third-order valence-corrected chi connectivity index (χ3v) is 3.01. The summed E-state index contributed by atoms with van der Waals surface area (Å²) in [6.45, 7) is 2.93. The van der Waals surface area contributed by atoms with Crippen LogP contribution in [0.5, 0.6) is 0 Å². The number of imidazole rings is 1. The van der Waals surface area contributed by atoms with Gasteiger partial charge >= 0.3 is 5.97 Å². The van der Waals surface area contributed by atoms with Crippen molar-refractivity contribution in [2.45, 2.75) is 19.9 Å². The lowest BCUT2D eigenvalue weighted by molar-refractivity contribution is 0.0699. The molecule has 0 radical (unpaired) electrons. The first-order valence-electron chi connectivity index (χ1n) is 5.91. The second-order valence-electron chi connectivity index (χ2n) is 4.49. The Balaban J connectivity index is 2.37. The van der Waals surface area contributed by atoms with Crippen molar-refractivity contribution < 1.29 is 15.0 Å². The van der Waals surface area contributed by atoms with Crippen molar-refractivity contribution in [3.05, 3.63) is 30.1 Å². The number of para-hydroxylation sites is 1. The first kappa shape index (κ1) is 12.6. The van der Waals surface area contributed by atoms with Crippen molar-refractivity contribution in [1.82, 2.24) is 9.55 Å². The number of carboxylic acid groups (broad SMARTS) is 1. The minimum atomic E-state index is -0.964. The summed E-state index contributed by atoms with van der Waals surface area (Å²) in [6, 6.07) is 5.14. The number of aromatic nitrogens is 2. The maximum Gasteiger partial charge on any atom is 0.337 e. The molecule has 2 rings (SSSR count). The second-order valence-corrected chi connectivity index (χ2v) is 4.49. The highest BCUT2D eigenvalue weighted by molar-refractivity contribution is 6.00. The van der Waals surface area contributed by atoms with Gasteiger partial charge in [0.15, 0.2) is 0 Å². The minimum absolute atomic E-state index is 0.161. The number of aliphatic hydroxyl groups is 1. The standard InChI is InChI=1S/C13H16N2O3/c1-9(5-6-16)7-15-8-14-12-10(13(17)18)3-2-4-11(12)15/h2-4,8-9,16H,5-7H2,1H3,(H,17,18). The Bertz CT molecular complexity index is 562. The van der Waals surface area contributed by atoms with Crippen molar-refractivity contribution in [1.29, 1.82) is 0 Å². The number of benzene rings is 1. The predicted molar refractivity (Wildman–Crippen MR) is 67.6 cm³/mol. The zero-order valence-corrected chi connectivity index (χ0v) is 10.2. The molecule has 5 nitrogen and oxygen atoms in total. The van der Waals surface area contributed by atoms with Crippen molar-refractivity contribution in [2.24, 2.45) is 5.92 Å². The van der Waals surface area contributed by atoms with E-state index in [-0.39, 0.29) is 12.2 Å². The summed E-state index contributed by atoms with van der Waals surface area (Å²) in [5.41, 5.74) is 1.56. The highest BCUT2D eigenvalue weighted by Gasteiger charge is 2.13. The number of fused-ring (bicyclic) bond motifs is 1. The molecule has 0 fully saturated rings. The van der Waals surface area contributed by atoms with Crippen LogP contribution in [0.25, 0.3) is 11.0 Å². The Labute approximate surface area is 105 Å². The maximum absolute atomic E-state index is 11.1. The fourth-order valence-electron chi connectivity index (χ4n) is 2.05. The van der Waals surface area contributed by atoms with E-state index in [1.807, 2.05) is 17.6 Å². The zero-order valence-electron chi connectivity index (χ0n) is 10.2. The molecule has 5 heteroatoms. The molecule has 1 heterocycles. The number of carbonyl (C=O) groups is 1. The van der Waals surface area contributed by atoms with Gasteiger partial charge in [-0.2, -0.15) is 0 Å². The van der Waals surface area contributed by atoms with Gasteiger partial charge in [-0.15, -0.1) is 0 Å². The van der Waals surface area contributed by atoms with E-state index in [1.165, 1.54) is 0 Å². The summed E-state index contributed by atoms with van der Waals surface area (Å²) in [5.74, 6) is -0.643. The first-order valence-corrected chi connectivity index (χ1v) is 5.91. The molecular formula is C13H16N2O3. The lowest BCUT2D eigenvalue weighted by atomic mass is 10.1. The number of aromatic carboxylic acids is 1. The van der Waals surface area contributed by atoms with E-state index in [0.717, 1.165) is 18.5 Å². The van der Waals surface area contributed by atoms with E-state index < -0.39 is 5.97 Å². The summed E-state index contributed by atoms with van der Waals surface area (Å²) in [5, 5.41) is 18.0. The molecule has 0 aliphatic rings. The predicted octanol–water partition coefficient (Wildman–Crippen LogP) is 1.75. The fraction of sp³-hybridized carbons (Fsp3) is 0.385. The molecule has 2 aromatic rings. The second kappa shape index (κ2) is 5.18. The third-order valence-electron chi connectivity index (χ3n) is 3.01. The molecule has 0 amide bonds. The lowest BCUT2D eigenvalue weighted by Gasteiger charge is -2.11. The number of rotatable bonds is 5. The number of carboxylic acids is 1. The Morgan fingerprint density at radius 3 is 2.94 bits per heavy atom. The summed E-state index contributed by atoms with van der Waals surface area (Å²) in [4.78, 5) is 15.2. The molecular weight excluding hydrogens is 232 g/mol. The van der Waals surface area contributed by atoms with Gasteiger partial charge in [-0.05, 0) is 24.5 Å². The van der Waals surface area contributed by atoms with Gasteiger partial charge in [0.1, 0.15) is 5.52 Å². The van der Waals surface area contributed by atoms with Crippen molar-refractivity contribution in [3.8, 4) is 0 Å². The molecule has 18 heavy (non-hydrogen) atoms. The summed E-state index contributed by atoms with van der Waals surface area (Å²) in [7, 11) is 0. The topological polar surface area (TPSA) is 75.3 Å². The van der Waals surface area contributed by atoms with Crippen LogP contribution in [0, 0.1) is 5.92 Å². The summed E-state index contributed by atoms with van der Waals surface area (Å²) >= 11 is 0. The molecule has 1 aromatic heterocycles. The molecule has 96 valence electrons. The number of hydrogen-bond donors (Lipinski definition) is 2. The van der Waals surface area contributed by atoms with Gasteiger partial charge in [0.25, 0.3) is 0 Å². The highest BCUT2D eigenvalue weighted by Crippen LogP contribution is 2.19. The van der Waals surface area contributed by atoms with Crippen LogP contribution in [0.2, 0.25) is 0 Å². The van der Waals surface area contributed by atoms with E-state index in [0.29, 0.717) is 11.4 Å². The van der Waals surface area contributed by atoms with Crippen LogP contribution in [0.3, 0.4) is 0 Å². The quantitative estimate of drug-likeness (QED) is 0.845. The first-order chi connectivity index (χ1) is 8.63. The molecule has 0 bridgehead atoms. The smallest absolute Gasteiger partial charge is 0.337 e. The van der Waals surface area contributed by atoms with Crippen molar-refractivity contribution in [2.75, 3.05) is 6.61 Å². The fourth-order valence-corrected chi connectivity index (χ4v) is 2.05. The summed E-state index contributed by atoms with van der Waals surface area (Å²) in [6.07, 6.45) is 2.38. The van der Waals surface area contributed by atoms with E-state index >= 15 is 0 Å². The van der Waals surface area contributed by atoms with Gasteiger partial charge in [0.2, 0.25) is 0 Å². The van der Waals surface area contributed by atoms with Crippen LogP contribution in [0.1, 0.15) is 23.7 Å². The SMILES string of the molecule is CC(CCO)Cn1cnc2c(C(=O)O)cccc21. The molecule has 0 saturated heterocycles. The van der Waals surface area contributed by atoms with E-state index in [2.05, 4.69) is 4.98 Å². The van der Waals surface area contributed by atoms with E-state index in [9.17, 15) is 4.79 Å². The van der Waals surface area contributed by atoms with Crippen LogP contribution in [0.4, 0.5) is 0 Å². The van der Waals surface area contributed by atoms with Crippen LogP contribution in [-0.4, -0.2) is 32.3 Å². The Hall–Kier alpha value is -1.88. The van der Waals surface area contributed by atoms with Crippen LogP contribution >= 0.6 is 0 Å². The van der Waals surface area contributed by atoms with Gasteiger partial charge in [0, 0.05) is 13.2 Å². The minimum Gasteiger partial charge on any atom is -0.478 e. The molecule has 0 aliphatic carbocycles. The molecule has 1 unspecified atom stereocenters. The van der Waals surface area contributed by atoms with Crippen LogP contribution in [-0.2, 0) is 6.54 Å². The monoisotopic (exact) mass is 248 g/mol. The van der Waals surface area contributed by atoms with Crippen LogP contribution < -0.4 is 0 Å². The lowest BCUT2D eigenvalue weighted by Crippen LogP contribution is -2.08. The average molecular weight is 248 g/mol. The van der Waals surface area contributed by atoms with Gasteiger partial charge in [0.05, 0.1) is 17.4 Å². The van der Waals surface area contributed by atoms with E-state index in [4.69, 9.17) is 10.2 Å². The molecule has 1 aromatic carbocycles. The summed E-state index contributed by atoms with van der Waals surface area (Å²) < 4.78 is 1.93. The largest absolute Gasteiger partial charge is 0.478 e. The van der Waals surface area contributed by atoms with Crippen molar-refractivity contribution in [3.63, 3.8) is 0 Å². The zero-order chi connectivity index (χ0) is 13.1. The van der Waals surface area contributed by atoms with Crippen LogP contribution in [0.15, 0.2) is 24.5 Å². The average Bonchev–Trinajstić information content (AvgIpc) is 2.72. The Morgan fingerprint density at radius 2 is 2.28 bits per heavy atom. The number of aliphatic hydroxyl groups excluding tert-OH is 1. The highest BCUT2D eigenvalue weighted by atomic mass is 16.4. The number of nitrogens with zero attached hydrogens (tertiary/aromatic N) is 2. The third kappa shape index (κ3) is 2.36. The van der Waals surface area contributed by atoms with Gasteiger partial charge in [-0.1, -0.05) is 13.0 Å². The van der Waals surface area contributed by atoms with Gasteiger partial charge < -0.3 is 14.8 Å². The van der Waals surface area contributed by atoms with Gasteiger partial charge in [-0.3, -0.25) is 0 Å². The molecule has 0 saturated carbocycles. The molecule has 0 aliphatic heterocycles. The Kier molecular flexibility index (Phi) is 3.62. The van der Waals surface area contributed by atoms with Crippen molar-refractivity contribution >= 4 is 17.0 Å². The molecule has 2 N–H and O–H groups in total. The van der Waals surface area contributed by atoms with E-state index in [1.54, 1.807) is 18.5 Å². The number of hydrogen-bond acceptors (Lipinski definition) is 3. The molecule has 0 spiro atoms. The van der Waals surface area contributed by atoms with Gasteiger partial charge in [-0.25, -0.2) is 9.78 Å². The Morgan fingerprint density at radius 1 is 1.50 bits per heavy atom. The normalized spacial score (nSPS) is 12.8. The maximum atomic E-state index is 11.1.